The number of nitrogens with two attached hydrogens (primary N) is 1. The van der Waals surface area contributed by atoms with Crippen LogP contribution in [0.4, 0.5) is 0 Å². The molecule has 0 saturated carbocycles. The summed E-state index contributed by atoms with van der Waals surface area (Å²) in [6, 6.07) is 3.70. The van der Waals surface area contributed by atoms with Crippen molar-refractivity contribution in [2.75, 3.05) is 40.4 Å². The van der Waals surface area contributed by atoms with E-state index in [9.17, 15) is 0 Å². The summed E-state index contributed by atoms with van der Waals surface area (Å²) in [6.45, 7) is 4.19. The molecular formula is C13H23N5O2. The monoisotopic (exact) mass is 281 g/mol. The van der Waals surface area contributed by atoms with E-state index in [1.165, 1.54) is 0 Å². The van der Waals surface area contributed by atoms with Crippen molar-refractivity contribution in [1.82, 2.24) is 15.2 Å². The van der Waals surface area contributed by atoms with E-state index in [1.807, 2.05) is 6.07 Å². The van der Waals surface area contributed by atoms with Gasteiger partial charge in [0.15, 0.2) is 5.84 Å². The van der Waals surface area contributed by atoms with Crippen LogP contribution in [0.15, 0.2) is 23.5 Å². The van der Waals surface area contributed by atoms with Gasteiger partial charge in [-0.3, -0.25) is 4.98 Å². The van der Waals surface area contributed by atoms with E-state index in [-0.39, 0.29) is 5.84 Å². The fraction of sp³-hybridized carbons (Fsp3) is 0.538. The number of pyridine rings is 1. The summed E-state index contributed by atoms with van der Waals surface area (Å²) in [6.07, 6.45) is 1.65. The van der Waals surface area contributed by atoms with Crippen LogP contribution in [0.1, 0.15) is 11.3 Å². The van der Waals surface area contributed by atoms with Gasteiger partial charge in [0.25, 0.3) is 0 Å². The zero-order valence-corrected chi connectivity index (χ0v) is 12.0. The van der Waals surface area contributed by atoms with E-state index in [4.69, 9.17) is 15.7 Å². The van der Waals surface area contributed by atoms with E-state index < -0.39 is 0 Å². The van der Waals surface area contributed by atoms with Crippen LogP contribution >= 0.6 is 0 Å². The van der Waals surface area contributed by atoms with Gasteiger partial charge in [0.05, 0.1) is 6.61 Å². The third kappa shape index (κ3) is 5.96. The van der Waals surface area contributed by atoms with Gasteiger partial charge in [-0.05, 0) is 24.7 Å². The van der Waals surface area contributed by atoms with E-state index in [1.54, 1.807) is 19.4 Å². The van der Waals surface area contributed by atoms with Crippen LogP contribution in [0.25, 0.3) is 0 Å². The SMILES string of the molecule is COCCN(C)CCNCc1ccnc(C(N)=NO)c1. The number of hydrogen-bond donors (Lipinski definition) is 3. The Morgan fingerprint density at radius 1 is 1.55 bits per heavy atom. The minimum absolute atomic E-state index is 0.0196. The van der Waals surface area contributed by atoms with Crippen molar-refractivity contribution in [1.29, 1.82) is 0 Å². The Balaban J connectivity index is 2.32. The first kappa shape index (κ1) is 16.4. The number of ether oxygens (including phenoxy) is 1. The van der Waals surface area contributed by atoms with Crippen molar-refractivity contribution in [2.24, 2.45) is 10.9 Å². The summed E-state index contributed by atoms with van der Waals surface area (Å²) in [5.74, 6) is 0.0196. The van der Waals surface area contributed by atoms with Crippen molar-refractivity contribution >= 4 is 5.84 Å². The zero-order valence-electron chi connectivity index (χ0n) is 12.0. The Labute approximate surface area is 119 Å². The Kier molecular flexibility index (Phi) is 7.56. The second kappa shape index (κ2) is 9.24. The molecule has 1 aromatic heterocycles. The Hall–Kier alpha value is -1.70. The molecule has 4 N–H and O–H groups in total. The highest BCUT2D eigenvalue weighted by molar-refractivity contribution is 5.95. The summed E-state index contributed by atoms with van der Waals surface area (Å²) in [7, 11) is 3.76. The van der Waals surface area contributed by atoms with Gasteiger partial charge in [-0.1, -0.05) is 5.16 Å². The predicted molar refractivity (Wildman–Crippen MR) is 77.8 cm³/mol. The molecular weight excluding hydrogens is 258 g/mol. The normalized spacial score (nSPS) is 12.1. The molecule has 0 bridgehead atoms. The van der Waals surface area contributed by atoms with Gasteiger partial charge in [-0.2, -0.15) is 0 Å². The molecule has 0 atom stereocenters. The van der Waals surface area contributed by atoms with Crippen molar-refractivity contribution in [2.45, 2.75) is 6.54 Å². The maximum absolute atomic E-state index is 8.62. The lowest BCUT2D eigenvalue weighted by atomic mass is 10.2. The lowest BCUT2D eigenvalue weighted by Crippen LogP contribution is -2.31. The Morgan fingerprint density at radius 3 is 3.05 bits per heavy atom. The largest absolute Gasteiger partial charge is 0.409 e. The highest BCUT2D eigenvalue weighted by atomic mass is 16.5. The van der Waals surface area contributed by atoms with Gasteiger partial charge in [0, 0.05) is 39.5 Å². The molecule has 0 aromatic carbocycles. The average molecular weight is 281 g/mol. The first-order valence-electron chi connectivity index (χ1n) is 6.48. The van der Waals surface area contributed by atoms with Crippen LogP contribution in [0.3, 0.4) is 0 Å². The molecule has 0 aliphatic heterocycles. The molecule has 7 nitrogen and oxygen atoms in total. The third-order valence-corrected chi connectivity index (χ3v) is 2.87. The molecule has 7 heteroatoms. The third-order valence-electron chi connectivity index (χ3n) is 2.87. The first-order chi connectivity index (χ1) is 9.67. The standard InChI is InChI=1S/C13H23N5O2/c1-18(7-8-20-2)6-5-15-10-11-3-4-16-12(9-11)13(14)17-19/h3-4,9,15,19H,5-8,10H2,1-2H3,(H2,14,17). The molecule has 0 radical (unpaired) electrons. The quantitative estimate of drug-likeness (QED) is 0.191. The van der Waals surface area contributed by atoms with Gasteiger partial charge < -0.3 is 25.9 Å². The second-order valence-electron chi connectivity index (χ2n) is 4.51. The Morgan fingerprint density at radius 2 is 2.35 bits per heavy atom. The van der Waals surface area contributed by atoms with Gasteiger partial charge in [0.2, 0.25) is 0 Å². The van der Waals surface area contributed by atoms with E-state index in [0.29, 0.717) is 12.2 Å². The van der Waals surface area contributed by atoms with Crippen molar-refractivity contribution in [3.8, 4) is 0 Å². The minimum Gasteiger partial charge on any atom is -0.409 e. The molecule has 0 amide bonds. The van der Waals surface area contributed by atoms with Crippen LogP contribution in [-0.4, -0.2) is 61.3 Å². The smallest absolute Gasteiger partial charge is 0.188 e. The minimum atomic E-state index is 0.0196. The molecule has 1 aromatic rings. The van der Waals surface area contributed by atoms with E-state index >= 15 is 0 Å². The highest BCUT2D eigenvalue weighted by Gasteiger charge is 2.02. The van der Waals surface area contributed by atoms with Gasteiger partial charge in [-0.25, -0.2) is 0 Å². The number of aromatic nitrogens is 1. The Bertz CT molecular complexity index is 425. The second-order valence-corrected chi connectivity index (χ2v) is 4.51. The number of amidine groups is 1. The first-order valence-corrected chi connectivity index (χ1v) is 6.48. The number of likely N-dealkylation sites (N-methyl/N-ethyl adjacent to an activating group) is 1. The summed E-state index contributed by atoms with van der Waals surface area (Å²) in [5.41, 5.74) is 7.02. The molecule has 0 aliphatic rings. The fourth-order valence-corrected chi connectivity index (χ4v) is 1.64. The molecule has 0 unspecified atom stereocenters. The van der Waals surface area contributed by atoms with Gasteiger partial charge in [0.1, 0.15) is 5.69 Å². The number of oxime groups is 1. The number of hydrogen-bond acceptors (Lipinski definition) is 6. The summed E-state index contributed by atoms with van der Waals surface area (Å²) in [5, 5.41) is 14.9. The van der Waals surface area contributed by atoms with Crippen LogP contribution in [0, 0.1) is 0 Å². The van der Waals surface area contributed by atoms with Crippen LogP contribution in [0.2, 0.25) is 0 Å². The molecule has 0 aliphatic carbocycles. The van der Waals surface area contributed by atoms with Crippen molar-refractivity contribution in [3.05, 3.63) is 29.6 Å². The molecule has 0 fully saturated rings. The van der Waals surface area contributed by atoms with E-state index in [2.05, 4.69) is 27.4 Å². The molecule has 20 heavy (non-hydrogen) atoms. The average Bonchev–Trinajstić information content (AvgIpc) is 2.49. The van der Waals surface area contributed by atoms with Crippen molar-refractivity contribution in [3.63, 3.8) is 0 Å². The van der Waals surface area contributed by atoms with Gasteiger partial charge >= 0.3 is 0 Å². The number of nitrogens with zero attached hydrogens (tertiary/aromatic N) is 3. The lowest BCUT2D eigenvalue weighted by molar-refractivity contribution is 0.161. The molecule has 1 rings (SSSR count). The van der Waals surface area contributed by atoms with Crippen LogP contribution in [-0.2, 0) is 11.3 Å². The topological polar surface area (TPSA) is 96.0 Å². The maximum Gasteiger partial charge on any atom is 0.188 e. The van der Waals surface area contributed by atoms with E-state index in [0.717, 1.165) is 31.8 Å². The molecule has 112 valence electrons. The summed E-state index contributed by atoms with van der Waals surface area (Å²) >= 11 is 0. The number of rotatable bonds is 9. The van der Waals surface area contributed by atoms with Crippen LogP contribution in [0.5, 0.6) is 0 Å². The zero-order chi connectivity index (χ0) is 14.8. The van der Waals surface area contributed by atoms with Crippen LogP contribution < -0.4 is 11.1 Å². The summed E-state index contributed by atoms with van der Waals surface area (Å²) < 4.78 is 5.02. The maximum atomic E-state index is 8.62. The van der Waals surface area contributed by atoms with Gasteiger partial charge in [-0.15, -0.1) is 0 Å². The number of nitrogens with one attached hydrogen (secondary N) is 1. The number of methoxy groups -OCH3 is 1. The molecule has 1 heterocycles. The predicted octanol–water partition coefficient (Wildman–Crippen LogP) is -0.156. The molecule has 0 spiro atoms. The fourth-order valence-electron chi connectivity index (χ4n) is 1.64. The van der Waals surface area contributed by atoms with Crippen molar-refractivity contribution < 1.29 is 9.94 Å². The summed E-state index contributed by atoms with van der Waals surface area (Å²) in [4.78, 5) is 6.23. The highest BCUT2D eigenvalue weighted by Crippen LogP contribution is 2.01. The lowest BCUT2D eigenvalue weighted by Gasteiger charge is -2.16. The molecule has 0 saturated heterocycles.